The Morgan fingerprint density at radius 1 is 1.29 bits per heavy atom. The summed E-state index contributed by atoms with van der Waals surface area (Å²) in [6, 6.07) is 8.72. The summed E-state index contributed by atoms with van der Waals surface area (Å²) in [5.41, 5.74) is 3.91. The summed E-state index contributed by atoms with van der Waals surface area (Å²) >= 11 is 5.31. The lowest BCUT2D eigenvalue weighted by Gasteiger charge is -2.06. The number of rotatable bonds is 5. The van der Waals surface area contributed by atoms with E-state index < -0.39 is 0 Å². The first-order valence-corrected chi connectivity index (χ1v) is 7.56. The van der Waals surface area contributed by atoms with Gasteiger partial charge in [-0.3, -0.25) is 0 Å². The summed E-state index contributed by atoms with van der Waals surface area (Å²) in [7, 11) is 0. The summed E-state index contributed by atoms with van der Waals surface area (Å²) in [5, 5.41) is 7.73. The van der Waals surface area contributed by atoms with E-state index in [2.05, 4.69) is 63.2 Å². The van der Waals surface area contributed by atoms with Crippen LogP contribution < -0.4 is 5.32 Å². The van der Waals surface area contributed by atoms with Crippen molar-refractivity contribution in [3.05, 3.63) is 45.1 Å². The van der Waals surface area contributed by atoms with Crippen LogP contribution in [-0.2, 0) is 6.54 Å². The molecule has 0 aliphatic heterocycles. The van der Waals surface area contributed by atoms with Crippen LogP contribution in [0.4, 0.5) is 0 Å². The van der Waals surface area contributed by atoms with E-state index in [1.165, 1.54) is 27.6 Å². The summed E-state index contributed by atoms with van der Waals surface area (Å²) in [6.45, 7) is 4.21. The average Bonchev–Trinajstić information content (AvgIpc) is 2.76. The van der Waals surface area contributed by atoms with Crippen LogP contribution in [0.25, 0.3) is 11.1 Å². The quantitative estimate of drug-likeness (QED) is 0.791. The molecule has 90 valence electrons. The van der Waals surface area contributed by atoms with Crippen LogP contribution in [0, 0.1) is 0 Å². The molecule has 1 nitrogen and oxygen atoms in total. The van der Waals surface area contributed by atoms with Crippen molar-refractivity contribution in [2.75, 3.05) is 6.54 Å². The first-order chi connectivity index (χ1) is 8.31. The lowest BCUT2D eigenvalue weighted by molar-refractivity contribution is 0.675. The molecule has 1 heterocycles. The van der Waals surface area contributed by atoms with E-state index in [-0.39, 0.29) is 0 Å². The minimum Gasteiger partial charge on any atom is -0.313 e. The van der Waals surface area contributed by atoms with Crippen molar-refractivity contribution < 1.29 is 0 Å². The zero-order valence-corrected chi connectivity index (χ0v) is 12.3. The van der Waals surface area contributed by atoms with Crippen molar-refractivity contribution >= 4 is 27.3 Å². The maximum atomic E-state index is 3.59. The molecule has 2 rings (SSSR count). The van der Waals surface area contributed by atoms with Gasteiger partial charge < -0.3 is 5.32 Å². The van der Waals surface area contributed by atoms with E-state index in [4.69, 9.17) is 0 Å². The fourth-order valence-electron chi connectivity index (χ4n) is 1.75. The SMILES string of the molecule is CCCNCc1cccc(-c2cscc2Br)c1. The predicted molar refractivity (Wildman–Crippen MR) is 79.5 cm³/mol. The molecule has 0 spiro atoms. The van der Waals surface area contributed by atoms with Crippen LogP contribution in [0.3, 0.4) is 0 Å². The third-order valence-electron chi connectivity index (χ3n) is 2.61. The van der Waals surface area contributed by atoms with Crippen molar-refractivity contribution in [2.24, 2.45) is 0 Å². The van der Waals surface area contributed by atoms with E-state index >= 15 is 0 Å². The lowest BCUT2D eigenvalue weighted by Crippen LogP contribution is -2.13. The van der Waals surface area contributed by atoms with Crippen molar-refractivity contribution in [1.82, 2.24) is 5.32 Å². The third-order valence-corrected chi connectivity index (χ3v) is 4.31. The van der Waals surface area contributed by atoms with Crippen molar-refractivity contribution in [3.63, 3.8) is 0 Å². The van der Waals surface area contributed by atoms with Crippen LogP contribution in [0.2, 0.25) is 0 Å². The molecule has 1 aromatic carbocycles. The van der Waals surface area contributed by atoms with Crippen molar-refractivity contribution in [3.8, 4) is 11.1 Å². The number of halogens is 1. The lowest BCUT2D eigenvalue weighted by atomic mass is 10.1. The van der Waals surface area contributed by atoms with E-state index in [0.29, 0.717) is 0 Å². The second-order valence-corrected chi connectivity index (χ2v) is 5.61. The second kappa shape index (κ2) is 6.34. The Morgan fingerprint density at radius 2 is 2.18 bits per heavy atom. The highest BCUT2D eigenvalue weighted by atomic mass is 79.9. The van der Waals surface area contributed by atoms with Gasteiger partial charge in [-0.25, -0.2) is 0 Å². The summed E-state index contributed by atoms with van der Waals surface area (Å²) in [4.78, 5) is 0. The largest absolute Gasteiger partial charge is 0.313 e. The van der Waals surface area contributed by atoms with Gasteiger partial charge in [0.2, 0.25) is 0 Å². The molecule has 0 radical (unpaired) electrons. The van der Waals surface area contributed by atoms with Gasteiger partial charge in [-0.2, -0.15) is 11.3 Å². The minimum atomic E-state index is 0.948. The molecule has 0 unspecified atom stereocenters. The number of hydrogen-bond acceptors (Lipinski definition) is 2. The van der Waals surface area contributed by atoms with Crippen LogP contribution in [-0.4, -0.2) is 6.54 Å². The fourth-order valence-corrected chi connectivity index (χ4v) is 3.28. The minimum absolute atomic E-state index is 0.948. The Balaban J connectivity index is 2.14. The van der Waals surface area contributed by atoms with E-state index in [9.17, 15) is 0 Å². The number of nitrogens with one attached hydrogen (secondary N) is 1. The van der Waals surface area contributed by atoms with Crippen molar-refractivity contribution in [2.45, 2.75) is 19.9 Å². The summed E-state index contributed by atoms with van der Waals surface area (Å²) < 4.78 is 1.18. The maximum Gasteiger partial charge on any atom is 0.0360 e. The average molecular weight is 310 g/mol. The van der Waals surface area contributed by atoms with Crippen molar-refractivity contribution in [1.29, 1.82) is 0 Å². The smallest absolute Gasteiger partial charge is 0.0360 e. The zero-order chi connectivity index (χ0) is 12.1. The standard InChI is InChI=1S/C14H16BrNS/c1-2-6-16-8-11-4-3-5-12(7-11)13-9-17-10-14(13)15/h3-5,7,9-10,16H,2,6,8H2,1H3. The van der Waals surface area contributed by atoms with Crippen LogP contribution in [0.5, 0.6) is 0 Å². The molecular weight excluding hydrogens is 294 g/mol. The van der Waals surface area contributed by atoms with E-state index in [1.807, 2.05) is 0 Å². The molecular formula is C14H16BrNS. The number of hydrogen-bond donors (Lipinski definition) is 1. The highest BCUT2D eigenvalue weighted by Gasteiger charge is 2.04. The first kappa shape index (κ1) is 12.8. The number of thiophene rings is 1. The van der Waals surface area contributed by atoms with Gasteiger partial charge >= 0.3 is 0 Å². The zero-order valence-electron chi connectivity index (χ0n) is 9.87. The molecule has 0 saturated carbocycles. The summed E-state index contributed by atoms with van der Waals surface area (Å²) in [6.07, 6.45) is 1.18. The first-order valence-electron chi connectivity index (χ1n) is 5.83. The molecule has 2 aromatic rings. The fraction of sp³-hybridized carbons (Fsp3) is 0.286. The van der Waals surface area contributed by atoms with E-state index in [0.717, 1.165) is 13.1 Å². The molecule has 0 aliphatic carbocycles. The van der Waals surface area contributed by atoms with Gasteiger partial charge in [0.1, 0.15) is 0 Å². The molecule has 0 aliphatic rings. The molecule has 0 amide bonds. The molecule has 1 N–H and O–H groups in total. The Bertz CT molecular complexity index is 479. The Hall–Kier alpha value is -0.640. The molecule has 3 heteroatoms. The Labute approximate surface area is 115 Å². The molecule has 0 atom stereocenters. The van der Waals surface area contributed by atoms with E-state index in [1.54, 1.807) is 11.3 Å². The molecule has 1 aromatic heterocycles. The van der Waals surface area contributed by atoms with Crippen LogP contribution in [0.15, 0.2) is 39.5 Å². The molecule has 17 heavy (non-hydrogen) atoms. The number of benzene rings is 1. The Kier molecular flexibility index (Phi) is 4.77. The molecule has 0 bridgehead atoms. The van der Waals surface area contributed by atoms with Gasteiger partial charge in [0.25, 0.3) is 0 Å². The van der Waals surface area contributed by atoms with Gasteiger partial charge in [0.15, 0.2) is 0 Å². The molecule has 0 saturated heterocycles. The third kappa shape index (κ3) is 3.41. The van der Waals surface area contributed by atoms with Crippen LogP contribution >= 0.6 is 27.3 Å². The maximum absolute atomic E-state index is 3.59. The summed E-state index contributed by atoms with van der Waals surface area (Å²) in [5.74, 6) is 0. The second-order valence-electron chi connectivity index (χ2n) is 4.01. The highest BCUT2D eigenvalue weighted by molar-refractivity contribution is 9.10. The topological polar surface area (TPSA) is 12.0 Å². The highest BCUT2D eigenvalue weighted by Crippen LogP contribution is 2.31. The van der Waals surface area contributed by atoms with Gasteiger partial charge in [-0.05, 0) is 51.5 Å². The predicted octanol–water partition coefficient (Wildman–Crippen LogP) is 4.68. The Morgan fingerprint density at radius 3 is 2.88 bits per heavy atom. The van der Waals surface area contributed by atoms with Gasteiger partial charge in [-0.15, -0.1) is 0 Å². The van der Waals surface area contributed by atoms with Gasteiger partial charge in [-0.1, -0.05) is 25.1 Å². The molecule has 0 fully saturated rings. The van der Waals surface area contributed by atoms with Crippen LogP contribution in [0.1, 0.15) is 18.9 Å². The monoisotopic (exact) mass is 309 g/mol. The van der Waals surface area contributed by atoms with Gasteiger partial charge in [0, 0.05) is 22.0 Å². The normalized spacial score (nSPS) is 10.7. The van der Waals surface area contributed by atoms with Gasteiger partial charge in [0.05, 0.1) is 0 Å².